The summed E-state index contributed by atoms with van der Waals surface area (Å²) in [5.41, 5.74) is 11.6. The lowest BCUT2D eigenvalue weighted by atomic mass is 10.1. The zero-order chi connectivity index (χ0) is 13.1. The molecule has 0 atom stereocenters. The number of benzene rings is 1. The van der Waals surface area contributed by atoms with Crippen LogP contribution in [0.5, 0.6) is 0 Å². The molecule has 1 aliphatic rings. The average Bonchev–Trinajstić information content (AvgIpc) is 2.27. The van der Waals surface area contributed by atoms with E-state index in [0.29, 0.717) is 11.3 Å². The molecule has 1 aromatic rings. The summed E-state index contributed by atoms with van der Waals surface area (Å²) in [4.78, 5) is 24.9. The van der Waals surface area contributed by atoms with Crippen molar-refractivity contribution < 1.29 is 9.59 Å². The Labute approximate surface area is 105 Å². The van der Waals surface area contributed by atoms with Crippen LogP contribution in [0.3, 0.4) is 0 Å². The fraction of sp³-hybridized carbons (Fsp3) is 0.333. The highest BCUT2D eigenvalue weighted by atomic mass is 16.2. The first-order valence-electron chi connectivity index (χ1n) is 5.73. The van der Waals surface area contributed by atoms with E-state index in [1.54, 1.807) is 24.3 Å². The lowest BCUT2D eigenvalue weighted by molar-refractivity contribution is -0.118. The fourth-order valence-corrected chi connectivity index (χ4v) is 1.94. The number of primary amides is 1. The highest BCUT2D eigenvalue weighted by molar-refractivity contribution is 6.03. The molecule has 96 valence electrons. The number of nitrogens with two attached hydrogens (primary N) is 2. The molecule has 1 aromatic carbocycles. The standard InChI is InChI=1S/C12H16N4O2/c13-8-5-16(6-8)7-11(17)15-10-4-2-1-3-9(10)12(14)18/h1-4,8H,5-7,13H2,(H2,14,18)(H,15,17). The van der Waals surface area contributed by atoms with Gasteiger partial charge in [0.05, 0.1) is 17.8 Å². The zero-order valence-corrected chi connectivity index (χ0v) is 9.93. The Kier molecular flexibility index (Phi) is 3.59. The minimum atomic E-state index is -0.558. The second-order valence-corrected chi connectivity index (χ2v) is 4.41. The van der Waals surface area contributed by atoms with Crippen LogP contribution in [-0.4, -0.2) is 42.4 Å². The molecular weight excluding hydrogens is 232 g/mol. The van der Waals surface area contributed by atoms with Gasteiger partial charge >= 0.3 is 0 Å². The predicted octanol–water partition coefficient (Wildman–Crippen LogP) is -0.633. The van der Waals surface area contributed by atoms with Gasteiger partial charge in [0.1, 0.15) is 0 Å². The monoisotopic (exact) mass is 248 g/mol. The zero-order valence-electron chi connectivity index (χ0n) is 9.93. The number of hydrogen-bond acceptors (Lipinski definition) is 4. The van der Waals surface area contributed by atoms with Gasteiger partial charge < -0.3 is 16.8 Å². The molecule has 0 bridgehead atoms. The van der Waals surface area contributed by atoms with Gasteiger partial charge in [0.15, 0.2) is 0 Å². The van der Waals surface area contributed by atoms with Gasteiger partial charge in [0.25, 0.3) is 5.91 Å². The molecule has 1 fully saturated rings. The van der Waals surface area contributed by atoms with Crippen molar-refractivity contribution in [1.29, 1.82) is 0 Å². The Morgan fingerprint density at radius 3 is 2.61 bits per heavy atom. The molecule has 1 saturated heterocycles. The molecule has 1 heterocycles. The lowest BCUT2D eigenvalue weighted by Gasteiger charge is -2.36. The average molecular weight is 248 g/mol. The first kappa shape index (κ1) is 12.5. The number of anilines is 1. The molecule has 6 nitrogen and oxygen atoms in total. The van der Waals surface area contributed by atoms with Crippen LogP contribution < -0.4 is 16.8 Å². The number of nitrogens with zero attached hydrogens (tertiary/aromatic N) is 1. The SMILES string of the molecule is NC(=O)c1ccccc1NC(=O)CN1CC(N)C1. The maximum Gasteiger partial charge on any atom is 0.250 e. The van der Waals surface area contributed by atoms with Crippen LogP contribution in [0.15, 0.2) is 24.3 Å². The van der Waals surface area contributed by atoms with Gasteiger partial charge in [0, 0.05) is 19.1 Å². The molecule has 0 spiro atoms. The van der Waals surface area contributed by atoms with Crippen molar-refractivity contribution in [2.75, 3.05) is 25.0 Å². The van der Waals surface area contributed by atoms with E-state index in [9.17, 15) is 9.59 Å². The minimum absolute atomic E-state index is 0.163. The maximum atomic E-state index is 11.8. The van der Waals surface area contributed by atoms with Crippen molar-refractivity contribution in [3.05, 3.63) is 29.8 Å². The highest BCUT2D eigenvalue weighted by Crippen LogP contribution is 2.14. The van der Waals surface area contributed by atoms with Gasteiger partial charge in [-0.15, -0.1) is 0 Å². The topological polar surface area (TPSA) is 101 Å². The van der Waals surface area contributed by atoms with E-state index < -0.39 is 5.91 Å². The van der Waals surface area contributed by atoms with Crippen LogP contribution in [0.25, 0.3) is 0 Å². The minimum Gasteiger partial charge on any atom is -0.366 e. The van der Waals surface area contributed by atoms with Gasteiger partial charge in [-0.05, 0) is 12.1 Å². The summed E-state index contributed by atoms with van der Waals surface area (Å²) in [7, 11) is 0. The van der Waals surface area contributed by atoms with E-state index in [0.717, 1.165) is 13.1 Å². The third-order valence-electron chi connectivity index (χ3n) is 2.82. The van der Waals surface area contributed by atoms with Crippen molar-refractivity contribution in [3.63, 3.8) is 0 Å². The largest absolute Gasteiger partial charge is 0.366 e. The number of carbonyl (C=O) groups excluding carboxylic acids is 2. The van der Waals surface area contributed by atoms with Crippen LogP contribution >= 0.6 is 0 Å². The Morgan fingerprint density at radius 1 is 1.33 bits per heavy atom. The smallest absolute Gasteiger partial charge is 0.250 e. The Morgan fingerprint density at radius 2 is 2.00 bits per heavy atom. The molecule has 0 aliphatic carbocycles. The Balaban J connectivity index is 1.96. The van der Waals surface area contributed by atoms with Crippen molar-refractivity contribution in [2.45, 2.75) is 6.04 Å². The van der Waals surface area contributed by atoms with Crippen molar-refractivity contribution >= 4 is 17.5 Å². The summed E-state index contributed by atoms with van der Waals surface area (Å²) in [5, 5.41) is 2.68. The normalized spacial score (nSPS) is 16.1. The Hall–Kier alpha value is -1.92. The first-order valence-corrected chi connectivity index (χ1v) is 5.73. The summed E-state index contributed by atoms with van der Waals surface area (Å²) >= 11 is 0. The number of likely N-dealkylation sites (tertiary alicyclic amines) is 1. The molecular formula is C12H16N4O2. The van der Waals surface area contributed by atoms with E-state index in [1.165, 1.54) is 0 Å². The fourth-order valence-electron chi connectivity index (χ4n) is 1.94. The van der Waals surface area contributed by atoms with Crippen molar-refractivity contribution in [2.24, 2.45) is 11.5 Å². The number of rotatable bonds is 4. The number of hydrogen-bond donors (Lipinski definition) is 3. The van der Waals surface area contributed by atoms with Crippen LogP contribution in [-0.2, 0) is 4.79 Å². The van der Waals surface area contributed by atoms with Crippen LogP contribution in [0.1, 0.15) is 10.4 Å². The number of carbonyl (C=O) groups is 2. The summed E-state index contributed by atoms with van der Waals surface area (Å²) < 4.78 is 0. The lowest BCUT2D eigenvalue weighted by Crippen LogP contribution is -2.57. The third kappa shape index (κ3) is 2.85. The molecule has 2 amide bonds. The summed E-state index contributed by atoms with van der Waals surface area (Å²) in [6, 6.07) is 6.83. The van der Waals surface area contributed by atoms with E-state index in [4.69, 9.17) is 11.5 Å². The molecule has 0 radical (unpaired) electrons. The summed E-state index contributed by atoms with van der Waals surface area (Å²) in [6.45, 7) is 1.73. The van der Waals surface area contributed by atoms with Gasteiger partial charge in [0.2, 0.25) is 5.91 Å². The number of para-hydroxylation sites is 1. The van der Waals surface area contributed by atoms with Gasteiger partial charge in [-0.1, -0.05) is 12.1 Å². The van der Waals surface area contributed by atoms with Gasteiger partial charge in [-0.3, -0.25) is 14.5 Å². The van der Waals surface area contributed by atoms with Crippen molar-refractivity contribution in [1.82, 2.24) is 4.90 Å². The molecule has 0 aromatic heterocycles. The number of amides is 2. The van der Waals surface area contributed by atoms with Gasteiger partial charge in [-0.25, -0.2) is 0 Å². The van der Waals surface area contributed by atoms with E-state index in [1.807, 2.05) is 4.90 Å². The first-order chi connectivity index (χ1) is 8.56. The number of nitrogens with one attached hydrogen (secondary N) is 1. The quantitative estimate of drug-likeness (QED) is 0.660. The molecule has 2 rings (SSSR count). The molecule has 1 aliphatic heterocycles. The second-order valence-electron chi connectivity index (χ2n) is 4.41. The van der Waals surface area contributed by atoms with E-state index >= 15 is 0 Å². The highest BCUT2D eigenvalue weighted by Gasteiger charge is 2.24. The Bertz CT molecular complexity index is 469. The molecule has 0 saturated carbocycles. The van der Waals surface area contributed by atoms with E-state index in [-0.39, 0.29) is 18.5 Å². The van der Waals surface area contributed by atoms with Crippen LogP contribution in [0.2, 0.25) is 0 Å². The molecule has 18 heavy (non-hydrogen) atoms. The summed E-state index contributed by atoms with van der Waals surface area (Å²) in [5.74, 6) is -0.729. The predicted molar refractivity (Wildman–Crippen MR) is 68.0 cm³/mol. The molecule has 6 heteroatoms. The second kappa shape index (κ2) is 5.16. The molecule has 0 unspecified atom stereocenters. The molecule has 5 N–H and O–H groups in total. The van der Waals surface area contributed by atoms with Crippen LogP contribution in [0, 0.1) is 0 Å². The van der Waals surface area contributed by atoms with Crippen LogP contribution in [0.4, 0.5) is 5.69 Å². The van der Waals surface area contributed by atoms with E-state index in [2.05, 4.69) is 5.32 Å². The van der Waals surface area contributed by atoms with Gasteiger partial charge in [-0.2, -0.15) is 0 Å². The summed E-state index contributed by atoms with van der Waals surface area (Å²) in [6.07, 6.45) is 0. The maximum absolute atomic E-state index is 11.8. The van der Waals surface area contributed by atoms with Crippen molar-refractivity contribution in [3.8, 4) is 0 Å². The third-order valence-corrected chi connectivity index (χ3v) is 2.82.